The topological polar surface area (TPSA) is 72.7 Å². The third-order valence-corrected chi connectivity index (χ3v) is 5.07. The molecule has 134 valence electrons. The van der Waals surface area contributed by atoms with Gasteiger partial charge in [0.25, 0.3) is 0 Å². The molecule has 1 amide bonds. The van der Waals surface area contributed by atoms with Gasteiger partial charge in [0, 0.05) is 30.0 Å². The van der Waals surface area contributed by atoms with Gasteiger partial charge in [0.15, 0.2) is 11.0 Å². The number of nitrogens with one attached hydrogen (secondary N) is 1. The molecule has 0 aliphatic heterocycles. The van der Waals surface area contributed by atoms with Gasteiger partial charge < -0.3 is 9.88 Å². The highest BCUT2D eigenvalue weighted by Crippen LogP contribution is 2.22. The van der Waals surface area contributed by atoms with Crippen LogP contribution in [0.5, 0.6) is 0 Å². The van der Waals surface area contributed by atoms with E-state index in [2.05, 4.69) is 20.5 Å². The standard InChI is InChI=1S/C18H18ClN5OS/c1-12(13-5-3-7-15(19)9-13)21-16(25)11-26-18-23-22-17(24(18)2)14-6-4-8-20-10-14/h3-10,12H,11H2,1-2H3,(H,21,25). The highest BCUT2D eigenvalue weighted by Gasteiger charge is 2.14. The maximum atomic E-state index is 12.2. The summed E-state index contributed by atoms with van der Waals surface area (Å²) in [6.45, 7) is 1.93. The molecule has 26 heavy (non-hydrogen) atoms. The molecular weight excluding hydrogens is 370 g/mol. The van der Waals surface area contributed by atoms with Gasteiger partial charge in [0.05, 0.1) is 11.8 Å². The maximum Gasteiger partial charge on any atom is 0.230 e. The van der Waals surface area contributed by atoms with Gasteiger partial charge in [0.1, 0.15) is 0 Å². The van der Waals surface area contributed by atoms with Crippen LogP contribution in [0.25, 0.3) is 11.4 Å². The zero-order chi connectivity index (χ0) is 18.5. The van der Waals surface area contributed by atoms with Crippen molar-refractivity contribution in [2.75, 3.05) is 5.75 Å². The van der Waals surface area contributed by atoms with Gasteiger partial charge >= 0.3 is 0 Å². The minimum atomic E-state index is -0.118. The molecule has 0 spiro atoms. The molecule has 8 heteroatoms. The van der Waals surface area contributed by atoms with Crippen LogP contribution >= 0.6 is 23.4 Å². The average molecular weight is 388 g/mol. The van der Waals surface area contributed by atoms with Gasteiger partial charge in [-0.2, -0.15) is 0 Å². The number of thioether (sulfide) groups is 1. The molecule has 0 aliphatic carbocycles. The molecule has 0 fully saturated rings. The summed E-state index contributed by atoms with van der Waals surface area (Å²) in [5.74, 6) is 0.894. The first kappa shape index (κ1) is 18.4. The van der Waals surface area contributed by atoms with E-state index in [4.69, 9.17) is 11.6 Å². The average Bonchev–Trinajstić information content (AvgIpc) is 3.01. The van der Waals surface area contributed by atoms with Crippen molar-refractivity contribution in [1.82, 2.24) is 25.1 Å². The molecule has 3 aromatic rings. The number of carbonyl (C=O) groups excluding carboxylic acids is 1. The fraction of sp³-hybridized carbons (Fsp3) is 0.222. The highest BCUT2D eigenvalue weighted by molar-refractivity contribution is 7.99. The number of aromatic nitrogens is 4. The third kappa shape index (κ3) is 4.42. The second kappa shape index (κ2) is 8.33. The Hall–Kier alpha value is -2.38. The molecular formula is C18H18ClN5OS. The van der Waals surface area contributed by atoms with Crippen molar-refractivity contribution in [2.24, 2.45) is 7.05 Å². The zero-order valence-electron chi connectivity index (χ0n) is 14.4. The molecule has 0 saturated heterocycles. The van der Waals surface area contributed by atoms with Gasteiger partial charge in [-0.1, -0.05) is 35.5 Å². The van der Waals surface area contributed by atoms with Crippen LogP contribution in [0.3, 0.4) is 0 Å². The van der Waals surface area contributed by atoms with Gasteiger partial charge in [0.2, 0.25) is 5.91 Å². The summed E-state index contributed by atoms with van der Waals surface area (Å²) in [7, 11) is 1.87. The summed E-state index contributed by atoms with van der Waals surface area (Å²) in [5.41, 5.74) is 1.85. The molecule has 2 aromatic heterocycles. The number of hydrogen-bond donors (Lipinski definition) is 1. The second-order valence-corrected chi connectivity index (χ2v) is 7.12. The largest absolute Gasteiger partial charge is 0.349 e. The lowest BCUT2D eigenvalue weighted by molar-refractivity contribution is -0.119. The van der Waals surface area contributed by atoms with Crippen molar-refractivity contribution < 1.29 is 4.79 Å². The Labute approximate surface area is 161 Å². The van der Waals surface area contributed by atoms with Gasteiger partial charge in [-0.15, -0.1) is 10.2 Å². The Kier molecular flexibility index (Phi) is 5.90. The number of rotatable bonds is 6. The quantitative estimate of drug-likeness (QED) is 0.655. The first-order valence-corrected chi connectivity index (χ1v) is 9.38. The summed E-state index contributed by atoms with van der Waals surface area (Å²) in [4.78, 5) is 16.3. The minimum absolute atomic E-state index is 0.0756. The number of nitrogens with zero attached hydrogens (tertiary/aromatic N) is 4. The Balaban J connectivity index is 1.59. The van der Waals surface area contributed by atoms with Crippen LogP contribution in [0.2, 0.25) is 5.02 Å². The van der Waals surface area contributed by atoms with E-state index in [-0.39, 0.29) is 17.7 Å². The Morgan fingerprint density at radius 1 is 1.31 bits per heavy atom. The normalized spacial score (nSPS) is 12.0. The molecule has 3 rings (SSSR count). The predicted molar refractivity (Wildman–Crippen MR) is 103 cm³/mol. The van der Waals surface area contributed by atoms with Crippen LogP contribution in [0.15, 0.2) is 53.9 Å². The van der Waals surface area contributed by atoms with Crippen molar-refractivity contribution in [2.45, 2.75) is 18.1 Å². The van der Waals surface area contributed by atoms with E-state index in [9.17, 15) is 4.79 Å². The summed E-state index contributed by atoms with van der Waals surface area (Å²) >= 11 is 7.34. The first-order chi connectivity index (χ1) is 12.5. The van der Waals surface area contributed by atoms with Crippen LogP contribution < -0.4 is 5.32 Å². The molecule has 0 aliphatic rings. The van der Waals surface area contributed by atoms with Crippen LogP contribution in [-0.2, 0) is 11.8 Å². The molecule has 1 unspecified atom stereocenters. The zero-order valence-corrected chi connectivity index (χ0v) is 16.0. The maximum absolute atomic E-state index is 12.2. The van der Waals surface area contributed by atoms with Crippen molar-refractivity contribution in [3.8, 4) is 11.4 Å². The van der Waals surface area contributed by atoms with Crippen molar-refractivity contribution >= 4 is 29.3 Å². The third-order valence-electron chi connectivity index (χ3n) is 3.81. The van der Waals surface area contributed by atoms with Crippen molar-refractivity contribution in [1.29, 1.82) is 0 Å². The van der Waals surface area contributed by atoms with Crippen LogP contribution in [-0.4, -0.2) is 31.4 Å². The van der Waals surface area contributed by atoms with E-state index in [0.29, 0.717) is 16.0 Å². The van der Waals surface area contributed by atoms with E-state index in [0.717, 1.165) is 11.1 Å². The highest BCUT2D eigenvalue weighted by atomic mass is 35.5. The van der Waals surface area contributed by atoms with Gasteiger partial charge in [-0.05, 0) is 36.8 Å². The lowest BCUT2D eigenvalue weighted by Crippen LogP contribution is -2.28. The Morgan fingerprint density at radius 3 is 2.88 bits per heavy atom. The first-order valence-electron chi connectivity index (χ1n) is 8.02. The summed E-state index contributed by atoms with van der Waals surface area (Å²) in [6.07, 6.45) is 3.44. The molecule has 6 nitrogen and oxygen atoms in total. The van der Waals surface area contributed by atoms with E-state index in [1.54, 1.807) is 12.4 Å². The second-order valence-electron chi connectivity index (χ2n) is 5.74. The fourth-order valence-electron chi connectivity index (χ4n) is 2.46. The van der Waals surface area contributed by atoms with E-state index < -0.39 is 0 Å². The summed E-state index contributed by atoms with van der Waals surface area (Å²) in [6, 6.07) is 11.1. The lowest BCUT2D eigenvalue weighted by Gasteiger charge is -2.14. The predicted octanol–water partition coefficient (Wildman–Crippen LogP) is 3.50. The fourth-order valence-corrected chi connectivity index (χ4v) is 3.38. The lowest BCUT2D eigenvalue weighted by atomic mass is 10.1. The molecule has 1 aromatic carbocycles. The molecule has 0 bridgehead atoms. The summed E-state index contributed by atoms with van der Waals surface area (Å²) < 4.78 is 1.86. The smallest absolute Gasteiger partial charge is 0.230 e. The van der Waals surface area contributed by atoms with Crippen LogP contribution in [0.4, 0.5) is 0 Å². The van der Waals surface area contributed by atoms with Crippen LogP contribution in [0, 0.1) is 0 Å². The van der Waals surface area contributed by atoms with E-state index in [1.165, 1.54) is 11.8 Å². The molecule has 1 atom stereocenters. The number of benzene rings is 1. The molecule has 0 saturated carbocycles. The minimum Gasteiger partial charge on any atom is -0.349 e. The van der Waals surface area contributed by atoms with Crippen molar-refractivity contribution in [3.63, 3.8) is 0 Å². The molecule has 1 N–H and O–H groups in total. The number of hydrogen-bond acceptors (Lipinski definition) is 5. The monoisotopic (exact) mass is 387 g/mol. The van der Waals surface area contributed by atoms with Gasteiger partial charge in [-0.3, -0.25) is 9.78 Å². The summed E-state index contributed by atoms with van der Waals surface area (Å²) in [5, 5.41) is 12.6. The SMILES string of the molecule is CC(NC(=O)CSc1nnc(-c2cccnc2)n1C)c1cccc(Cl)c1. The number of halogens is 1. The Bertz CT molecular complexity index is 900. The molecule has 2 heterocycles. The van der Waals surface area contributed by atoms with Crippen molar-refractivity contribution in [3.05, 3.63) is 59.4 Å². The Morgan fingerprint density at radius 2 is 2.15 bits per heavy atom. The number of pyridine rings is 1. The number of amides is 1. The van der Waals surface area contributed by atoms with E-state index >= 15 is 0 Å². The molecule has 0 radical (unpaired) electrons. The number of carbonyl (C=O) groups is 1. The van der Waals surface area contributed by atoms with Crippen LogP contribution in [0.1, 0.15) is 18.5 Å². The van der Waals surface area contributed by atoms with Gasteiger partial charge in [-0.25, -0.2) is 0 Å². The van der Waals surface area contributed by atoms with E-state index in [1.807, 2.05) is 54.9 Å².